The Morgan fingerprint density at radius 2 is 1.87 bits per heavy atom. The van der Waals surface area contributed by atoms with Crippen LogP contribution in [-0.2, 0) is 0 Å². The largest absolute Gasteiger partial charge is 0.486 e. The van der Waals surface area contributed by atoms with Crippen molar-refractivity contribution in [1.82, 2.24) is 4.98 Å². The van der Waals surface area contributed by atoms with Gasteiger partial charge in [0.2, 0.25) is 0 Å². The molecule has 2 aromatic rings. The summed E-state index contributed by atoms with van der Waals surface area (Å²) in [7, 11) is 0. The summed E-state index contributed by atoms with van der Waals surface area (Å²) in [5, 5.41) is 4.10. The molecule has 0 saturated heterocycles. The van der Waals surface area contributed by atoms with E-state index < -0.39 is 0 Å². The Kier molecular flexibility index (Phi) is 4.62. The van der Waals surface area contributed by atoms with E-state index in [0.717, 1.165) is 28.4 Å². The van der Waals surface area contributed by atoms with Crippen LogP contribution >= 0.6 is 11.6 Å². The van der Waals surface area contributed by atoms with Crippen molar-refractivity contribution < 1.29 is 9.47 Å². The van der Waals surface area contributed by atoms with Gasteiger partial charge < -0.3 is 14.8 Å². The van der Waals surface area contributed by atoms with Gasteiger partial charge in [-0.1, -0.05) is 25.4 Å². The first-order valence-electron chi connectivity index (χ1n) is 7.86. The average Bonchev–Trinajstić information content (AvgIpc) is 2.55. The van der Waals surface area contributed by atoms with Gasteiger partial charge in [-0.2, -0.15) is 0 Å². The summed E-state index contributed by atoms with van der Waals surface area (Å²) in [6.45, 7) is 7.42. The highest BCUT2D eigenvalue weighted by atomic mass is 35.5. The van der Waals surface area contributed by atoms with Crippen LogP contribution < -0.4 is 14.8 Å². The van der Waals surface area contributed by atoms with Crippen molar-refractivity contribution in [3.05, 3.63) is 46.7 Å². The summed E-state index contributed by atoms with van der Waals surface area (Å²) >= 11 is 6.40. The lowest BCUT2D eigenvalue weighted by atomic mass is 10.1. The lowest BCUT2D eigenvalue weighted by Crippen LogP contribution is -2.19. The number of benzene rings is 1. The molecule has 4 nitrogen and oxygen atoms in total. The van der Waals surface area contributed by atoms with Crippen LogP contribution in [0.15, 0.2) is 30.5 Å². The van der Waals surface area contributed by atoms with Gasteiger partial charge in [0.05, 0.1) is 17.9 Å². The molecule has 23 heavy (non-hydrogen) atoms. The molecule has 0 amide bonds. The quantitative estimate of drug-likeness (QED) is 0.873. The molecule has 0 fully saturated rings. The minimum Gasteiger partial charge on any atom is -0.486 e. The van der Waals surface area contributed by atoms with E-state index in [1.54, 1.807) is 0 Å². The van der Waals surface area contributed by atoms with Crippen molar-refractivity contribution in [1.29, 1.82) is 0 Å². The molecule has 1 aromatic carbocycles. The fourth-order valence-corrected chi connectivity index (χ4v) is 2.98. The highest BCUT2D eigenvalue weighted by Gasteiger charge is 2.22. The minimum absolute atomic E-state index is 0.0224. The lowest BCUT2D eigenvalue weighted by molar-refractivity contribution is 0.169. The van der Waals surface area contributed by atoms with E-state index in [4.69, 9.17) is 21.1 Å². The van der Waals surface area contributed by atoms with Crippen LogP contribution in [0.1, 0.15) is 44.0 Å². The number of fused-ring (bicyclic) bond motifs is 1. The standard InChI is InChI=1S/C18H21ClN2O2/c1-11(2)15-6-4-13(10-20-15)21-12(3)17-14(19)5-7-16-18(17)23-9-8-22-16/h4-7,10-12,21H,8-9H2,1-3H3. The average molecular weight is 333 g/mol. The van der Waals surface area contributed by atoms with Crippen LogP contribution in [0, 0.1) is 0 Å². The fourth-order valence-electron chi connectivity index (χ4n) is 2.67. The van der Waals surface area contributed by atoms with Crippen LogP contribution in [0.25, 0.3) is 0 Å². The number of nitrogens with zero attached hydrogens (tertiary/aromatic N) is 1. The molecule has 122 valence electrons. The van der Waals surface area contributed by atoms with E-state index >= 15 is 0 Å². The van der Waals surface area contributed by atoms with Gasteiger partial charge in [0.15, 0.2) is 11.5 Å². The highest BCUT2D eigenvalue weighted by molar-refractivity contribution is 6.31. The molecule has 1 unspecified atom stereocenters. The number of halogens is 1. The molecule has 1 N–H and O–H groups in total. The number of ether oxygens (including phenoxy) is 2. The fraction of sp³-hybridized carbons (Fsp3) is 0.389. The molecule has 2 heterocycles. The van der Waals surface area contributed by atoms with E-state index in [1.807, 2.05) is 30.5 Å². The molecule has 0 spiro atoms. The molecule has 1 atom stereocenters. The summed E-state index contributed by atoms with van der Waals surface area (Å²) in [6, 6.07) is 7.76. The zero-order chi connectivity index (χ0) is 16.4. The van der Waals surface area contributed by atoms with E-state index in [-0.39, 0.29) is 6.04 Å². The van der Waals surface area contributed by atoms with Crippen LogP contribution in [0.4, 0.5) is 5.69 Å². The van der Waals surface area contributed by atoms with Crippen LogP contribution in [0.2, 0.25) is 5.02 Å². The van der Waals surface area contributed by atoms with E-state index in [9.17, 15) is 0 Å². The van der Waals surface area contributed by atoms with Crippen LogP contribution in [0.3, 0.4) is 0 Å². The van der Waals surface area contributed by atoms with Gasteiger partial charge in [-0.3, -0.25) is 4.98 Å². The maximum atomic E-state index is 6.40. The van der Waals surface area contributed by atoms with Crippen molar-refractivity contribution in [3.8, 4) is 11.5 Å². The smallest absolute Gasteiger partial charge is 0.168 e. The Morgan fingerprint density at radius 1 is 1.09 bits per heavy atom. The Hall–Kier alpha value is -1.94. The molecule has 0 saturated carbocycles. The molecule has 0 bridgehead atoms. The van der Waals surface area contributed by atoms with Crippen LogP contribution in [-0.4, -0.2) is 18.2 Å². The van der Waals surface area contributed by atoms with Crippen molar-refractivity contribution >= 4 is 17.3 Å². The van der Waals surface area contributed by atoms with E-state index in [1.165, 1.54) is 0 Å². The van der Waals surface area contributed by atoms with Gasteiger partial charge in [-0.25, -0.2) is 0 Å². The monoisotopic (exact) mass is 332 g/mol. The second-order valence-corrected chi connectivity index (χ2v) is 6.38. The Morgan fingerprint density at radius 3 is 2.57 bits per heavy atom. The summed E-state index contributed by atoms with van der Waals surface area (Å²) in [6.07, 6.45) is 1.85. The van der Waals surface area contributed by atoms with Crippen molar-refractivity contribution in [2.45, 2.75) is 32.7 Å². The van der Waals surface area contributed by atoms with Gasteiger partial charge in [0, 0.05) is 16.3 Å². The number of pyridine rings is 1. The highest BCUT2D eigenvalue weighted by Crippen LogP contribution is 2.42. The molecule has 1 aliphatic heterocycles. The molecule has 1 aromatic heterocycles. The predicted octanol–water partition coefficient (Wildman–Crippen LogP) is 4.80. The number of anilines is 1. The van der Waals surface area contributed by atoms with Crippen LogP contribution in [0.5, 0.6) is 11.5 Å². The molecular formula is C18H21ClN2O2. The third-order valence-electron chi connectivity index (χ3n) is 3.89. The molecule has 1 aliphatic rings. The first-order valence-corrected chi connectivity index (χ1v) is 8.24. The Balaban J connectivity index is 1.84. The zero-order valence-electron chi connectivity index (χ0n) is 13.6. The van der Waals surface area contributed by atoms with E-state index in [0.29, 0.717) is 24.2 Å². The third kappa shape index (κ3) is 3.37. The summed E-state index contributed by atoms with van der Waals surface area (Å²) in [5.74, 6) is 1.90. The Bertz CT molecular complexity index is 686. The minimum atomic E-state index is -0.0224. The predicted molar refractivity (Wildman–Crippen MR) is 92.8 cm³/mol. The number of nitrogens with one attached hydrogen (secondary N) is 1. The van der Waals surface area contributed by atoms with Crippen molar-refractivity contribution in [3.63, 3.8) is 0 Å². The molecule has 0 radical (unpaired) electrons. The van der Waals surface area contributed by atoms with Gasteiger partial charge in [-0.05, 0) is 37.1 Å². The number of hydrogen-bond donors (Lipinski definition) is 1. The normalized spacial score (nSPS) is 14.7. The Labute approximate surface area is 141 Å². The number of rotatable bonds is 4. The first kappa shape index (κ1) is 15.9. The summed E-state index contributed by atoms with van der Waals surface area (Å²) in [5.41, 5.74) is 2.94. The van der Waals surface area contributed by atoms with Gasteiger partial charge in [0.1, 0.15) is 13.2 Å². The number of hydrogen-bond acceptors (Lipinski definition) is 4. The topological polar surface area (TPSA) is 43.4 Å². The second-order valence-electron chi connectivity index (χ2n) is 5.98. The zero-order valence-corrected chi connectivity index (χ0v) is 14.4. The third-order valence-corrected chi connectivity index (χ3v) is 4.22. The summed E-state index contributed by atoms with van der Waals surface area (Å²) < 4.78 is 11.4. The second kappa shape index (κ2) is 6.67. The van der Waals surface area contributed by atoms with Gasteiger partial charge in [0.25, 0.3) is 0 Å². The maximum Gasteiger partial charge on any atom is 0.168 e. The van der Waals surface area contributed by atoms with Crippen molar-refractivity contribution in [2.24, 2.45) is 0 Å². The lowest BCUT2D eigenvalue weighted by Gasteiger charge is -2.25. The summed E-state index contributed by atoms with van der Waals surface area (Å²) in [4.78, 5) is 4.48. The molecule has 3 rings (SSSR count). The van der Waals surface area contributed by atoms with Gasteiger partial charge in [-0.15, -0.1) is 0 Å². The first-order chi connectivity index (χ1) is 11.1. The van der Waals surface area contributed by atoms with Crippen molar-refractivity contribution in [2.75, 3.05) is 18.5 Å². The SMILES string of the molecule is CC(C)c1ccc(NC(C)c2c(Cl)ccc3c2OCCO3)cn1. The molecule has 5 heteroatoms. The molecular weight excluding hydrogens is 312 g/mol. The maximum absolute atomic E-state index is 6.40. The number of aromatic nitrogens is 1. The molecule has 0 aliphatic carbocycles. The van der Waals surface area contributed by atoms with Gasteiger partial charge >= 0.3 is 0 Å². The van der Waals surface area contributed by atoms with E-state index in [2.05, 4.69) is 31.1 Å².